The highest BCUT2D eigenvalue weighted by Crippen LogP contribution is 2.39. The zero-order valence-electron chi connectivity index (χ0n) is 21.7. The number of rotatable bonds is 13. The molecule has 3 atom stereocenters. The monoisotopic (exact) mass is 555 g/mol. The molecular weight excluding hydrogens is 522 g/mol. The lowest BCUT2D eigenvalue weighted by Gasteiger charge is -2.36. The first-order valence-electron chi connectivity index (χ1n) is 12.8. The molecule has 1 aliphatic rings. The highest BCUT2D eigenvalue weighted by Gasteiger charge is 2.32. The third-order valence-corrected chi connectivity index (χ3v) is 7.52. The van der Waals surface area contributed by atoms with Gasteiger partial charge in [0, 0.05) is 44.2 Å². The maximum atomic E-state index is 12.1. The molecule has 4 rings (SSSR count). The number of amides is 1. The molecule has 0 bridgehead atoms. The number of benzene rings is 2. The Morgan fingerprint density at radius 1 is 1.03 bits per heavy atom. The number of carboxylic acid groups (broad SMARTS) is 1. The summed E-state index contributed by atoms with van der Waals surface area (Å²) in [4.78, 5) is 22.6. The molecule has 0 radical (unpaired) electrons. The van der Waals surface area contributed by atoms with E-state index in [2.05, 4.69) is 20.8 Å². The number of nitrogens with one attached hydrogen (secondary N) is 1. The third kappa shape index (κ3) is 8.59. The summed E-state index contributed by atoms with van der Waals surface area (Å²) in [5.41, 5.74) is 3.66. The van der Waals surface area contributed by atoms with Crippen LogP contribution in [0.4, 0.5) is 0 Å². The maximum Gasteiger partial charge on any atom is 0.303 e. The predicted octanol–water partition coefficient (Wildman–Crippen LogP) is 3.30. The number of aromatic nitrogens is 4. The van der Waals surface area contributed by atoms with E-state index >= 15 is 0 Å². The van der Waals surface area contributed by atoms with Crippen molar-refractivity contribution in [2.75, 3.05) is 5.75 Å². The molecule has 0 saturated carbocycles. The first-order chi connectivity index (χ1) is 18.9. The van der Waals surface area contributed by atoms with E-state index in [-0.39, 0.29) is 31.1 Å². The molecule has 1 amide bonds. The van der Waals surface area contributed by atoms with Gasteiger partial charge in [0.2, 0.25) is 11.1 Å². The number of thioether (sulfide) groups is 1. The van der Waals surface area contributed by atoms with Gasteiger partial charge in [-0.1, -0.05) is 60.3 Å². The van der Waals surface area contributed by atoms with Crippen molar-refractivity contribution in [3.63, 3.8) is 0 Å². The number of hydrogen-bond donors (Lipinski definition) is 3. The quantitative estimate of drug-likeness (QED) is 0.212. The molecule has 2 aromatic carbocycles. The number of aliphatic hydroxyl groups is 1. The van der Waals surface area contributed by atoms with Gasteiger partial charge in [-0.15, -0.1) is 5.10 Å². The van der Waals surface area contributed by atoms with Crippen LogP contribution in [0.5, 0.6) is 0 Å². The standard InChI is InChI=1S/C27H33N5O6S/c1-32-27(29-30-31-32)39-17-22-14-23(20-10-8-19(16-33)9-11-20)38-26(37-22)21-12-6-18(7-13-21)15-28-24(34)4-2-3-5-25(35)36/h6-13,22-23,26,33H,2-5,14-17H2,1H3,(H,28,34)(H,35,36)/t22-,23+,26+/m0/s1. The lowest BCUT2D eigenvalue weighted by Crippen LogP contribution is -2.31. The van der Waals surface area contributed by atoms with E-state index in [1.165, 1.54) is 11.8 Å². The molecule has 11 nitrogen and oxygen atoms in total. The molecule has 1 aromatic heterocycles. The van der Waals surface area contributed by atoms with Gasteiger partial charge >= 0.3 is 5.97 Å². The number of carbonyl (C=O) groups excluding carboxylic acids is 1. The summed E-state index contributed by atoms with van der Waals surface area (Å²) < 4.78 is 14.4. The zero-order valence-corrected chi connectivity index (χ0v) is 22.5. The van der Waals surface area contributed by atoms with Crippen molar-refractivity contribution >= 4 is 23.6 Å². The Morgan fingerprint density at radius 3 is 2.38 bits per heavy atom. The average Bonchev–Trinajstić information content (AvgIpc) is 3.37. The van der Waals surface area contributed by atoms with Crippen LogP contribution < -0.4 is 5.32 Å². The number of carbonyl (C=O) groups is 2. The number of tetrazole rings is 1. The fourth-order valence-corrected chi connectivity index (χ4v) is 5.04. The minimum Gasteiger partial charge on any atom is -0.481 e. The molecule has 2 heterocycles. The Bertz CT molecular complexity index is 1220. The first-order valence-corrected chi connectivity index (χ1v) is 13.8. The lowest BCUT2D eigenvalue weighted by molar-refractivity contribution is -0.245. The van der Waals surface area contributed by atoms with Crippen molar-refractivity contribution in [3.8, 4) is 0 Å². The average molecular weight is 556 g/mol. The van der Waals surface area contributed by atoms with Crippen LogP contribution >= 0.6 is 11.8 Å². The summed E-state index contributed by atoms with van der Waals surface area (Å²) in [6.45, 7) is 0.370. The smallest absolute Gasteiger partial charge is 0.303 e. The number of aliphatic hydroxyl groups excluding tert-OH is 1. The van der Waals surface area contributed by atoms with Gasteiger partial charge in [-0.3, -0.25) is 9.59 Å². The van der Waals surface area contributed by atoms with Crippen LogP contribution in [0.2, 0.25) is 0 Å². The van der Waals surface area contributed by atoms with Crippen molar-refractivity contribution in [2.45, 2.75) is 68.9 Å². The molecule has 1 aliphatic heterocycles. The third-order valence-electron chi connectivity index (χ3n) is 6.38. The van der Waals surface area contributed by atoms with Gasteiger partial charge in [-0.05, 0) is 40.0 Å². The van der Waals surface area contributed by atoms with E-state index in [4.69, 9.17) is 14.6 Å². The molecule has 0 unspecified atom stereocenters. The predicted molar refractivity (Wildman–Crippen MR) is 142 cm³/mol. The largest absolute Gasteiger partial charge is 0.481 e. The molecule has 12 heteroatoms. The number of ether oxygens (including phenoxy) is 2. The van der Waals surface area contributed by atoms with Crippen LogP contribution in [0.15, 0.2) is 53.7 Å². The van der Waals surface area contributed by atoms with Crippen molar-refractivity contribution < 1.29 is 29.3 Å². The van der Waals surface area contributed by atoms with E-state index in [0.717, 1.165) is 22.3 Å². The number of unbranched alkanes of at least 4 members (excludes halogenated alkanes) is 1. The van der Waals surface area contributed by atoms with Crippen molar-refractivity contribution in [1.82, 2.24) is 25.5 Å². The van der Waals surface area contributed by atoms with Gasteiger partial charge in [0.1, 0.15) is 0 Å². The maximum absolute atomic E-state index is 12.1. The second kappa shape index (κ2) is 14.2. The van der Waals surface area contributed by atoms with Crippen LogP contribution in [0, 0.1) is 0 Å². The molecule has 0 spiro atoms. The first kappa shape index (κ1) is 28.7. The van der Waals surface area contributed by atoms with Gasteiger partial charge in [-0.2, -0.15) is 0 Å². The highest BCUT2D eigenvalue weighted by atomic mass is 32.2. The normalized spacial score (nSPS) is 19.1. The Hall–Kier alpha value is -3.32. The molecule has 0 aliphatic carbocycles. The molecule has 208 valence electrons. The second-order valence-corrected chi connectivity index (χ2v) is 10.4. The van der Waals surface area contributed by atoms with E-state index in [0.29, 0.717) is 43.1 Å². The number of aryl methyl sites for hydroxylation is 1. The second-order valence-electron chi connectivity index (χ2n) is 9.37. The molecule has 3 N–H and O–H groups in total. The van der Waals surface area contributed by atoms with E-state index in [1.54, 1.807) is 11.7 Å². The number of carboxylic acids is 1. The summed E-state index contributed by atoms with van der Waals surface area (Å²) in [6, 6.07) is 15.5. The SMILES string of the molecule is Cn1nnnc1SC[C@@H]1C[C@H](c2ccc(CO)cc2)O[C@H](c2ccc(CNC(=O)CCCCC(=O)O)cc2)O1. The summed E-state index contributed by atoms with van der Waals surface area (Å²) in [5.74, 6) is -0.298. The Kier molecular flexibility index (Phi) is 10.4. The number of nitrogens with zero attached hydrogens (tertiary/aromatic N) is 4. The van der Waals surface area contributed by atoms with E-state index in [1.807, 2.05) is 48.5 Å². The summed E-state index contributed by atoms with van der Waals surface area (Å²) in [7, 11) is 1.80. The lowest BCUT2D eigenvalue weighted by atomic mass is 10.0. The van der Waals surface area contributed by atoms with Gasteiger partial charge < -0.3 is 25.0 Å². The van der Waals surface area contributed by atoms with Crippen molar-refractivity contribution in [3.05, 3.63) is 70.8 Å². The van der Waals surface area contributed by atoms with E-state index in [9.17, 15) is 14.7 Å². The Labute approximate surface area is 230 Å². The van der Waals surface area contributed by atoms with Crippen molar-refractivity contribution in [1.29, 1.82) is 0 Å². The Balaban J connectivity index is 1.38. The van der Waals surface area contributed by atoms with Gasteiger partial charge in [0.05, 0.1) is 18.8 Å². The molecular formula is C27H33N5O6S. The fourth-order valence-electron chi connectivity index (χ4n) is 4.18. The minimum atomic E-state index is -0.847. The zero-order chi connectivity index (χ0) is 27.6. The van der Waals surface area contributed by atoms with Crippen LogP contribution in [0.1, 0.15) is 66.8 Å². The molecule has 1 saturated heterocycles. The van der Waals surface area contributed by atoms with Gasteiger partial charge in [-0.25, -0.2) is 4.68 Å². The van der Waals surface area contributed by atoms with Gasteiger partial charge in [0.15, 0.2) is 6.29 Å². The molecule has 1 fully saturated rings. The minimum absolute atomic E-state index is 0.0138. The van der Waals surface area contributed by atoms with Gasteiger partial charge in [0.25, 0.3) is 0 Å². The molecule has 39 heavy (non-hydrogen) atoms. The topological polar surface area (TPSA) is 149 Å². The summed E-state index contributed by atoms with van der Waals surface area (Å²) >= 11 is 1.52. The Morgan fingerprint density at radius 2 is 1.72 bits per heavy atom. The van der Waals surface area contributed by atoms with Crippen LogP contribution in [-0.2, 0) is 39.3 Å². The van der Waals surface area contributed by atoms with Crippen LogP contribution in [0.25, 0.3) is 0 Å². The number of aliphatic carboxylic acids is 1. The fraction of sp³-hybridized carbons (Fsp3) is 0.444. The molecule has 3 aromatic rings. The number of hydrogen-bond acceptors (Lipinski definition) is 9. The summed E-state index contributed by atoms with van der Waals surface area (Å²) in [6.07, 6.45) is 1.18. The van der Waals surface area contributed by atoms with Crippen LogP contribution in [-0.4, -0.2) is 54.2 Å². The van der Waals surface area contributed by atoms with E-state index < -0.39 is 12.3 Å². The summed E-state index contributed by atoms with van der Waals surface area (Å²) in [5, 5.41) is 33.3. The van der Waals surface area contributed by atoms with Crippen molar-refractivity contribution in [2.24, 2.45) is 7.05 Å². The highest BCUT2D eigenvalue weighted by molar-refractivity contribution is 7.99. The van der Waals surface area contributed by atoms with Crippen LogP contribution in [0.3, 0.4) is 0 Å².